The minimum atomic E-state index is -0.914. The molecular formula is C11H10N4O6. The predicted molar refractivity (Wildman–Crippen MR) is 69.6 cm³/mol. The molecule has 0 saturated carbocycles. The predicted octanol–water partition coefficient (Wildman–Crippen LogP) is 0.672. The van der Waals surface area contributed by atoms with Gasteiger partial charge < -0.3 is 5.32 Å². The molecule has 1 aliphatic rings. The average molecular weight is 294 g/mol. The molecule has 0 bridgehead atoms. The highest BCUT2D eigenvalue weighted by Gasteiger charge is 2.37. The number of nitrogens with one attached hydrogen (secondary N) is 1. The number of hydrogen-bond acceptors (Lipinski definition) is 7. The fourth-order valence-electron chi connectivity index (χ4n) is 1.96. The highest BCUT2D eigenvalue weighted by Crippen LogP contribution is 2.30. The number of non-ortho nitro benzene ring substituents is 1. The van der Waals surface area contributed by atoms with Crippen LogP contribution in [0, 0.1) is 20.2 Å². The van der Waals surface area contributed by atoms with Gasteiger partial charge in [-0.2, -0.15) is 0 Å². The highest BCUT2D eigenvalue weighted by molar-refractivity contribution is 6.06. The van der Waals surface area contributed by atoms with Crippen LogP contribution >= 0.6 is 0 Å². The molecule has 1 saturated heterocycles. The number of imide groups is 1. The Bertz CT molecular complexity index is 658. The van der Waals surface area contributed by atoms with Crippen LogP contribution in [0.15, 0.2) is 18.2 Å². The van der Waals surface area contributed by atoms with Crippen molar-refractivity contribution < 1.29 is 19.4 Å². The van der Waals surface area contributed by atoms with Crippen LogP contribution < -0.4 is 5.32 Å². The number of likely N-dealkylation sites (tertiary alicyclic amines) is 1. The summed E-state index contributed by atoms with van der Waals surface area (Å²) in [5.41, 5.74) is -1.01. The van der Waals surface area contributed by atoms with E-state index in [9.17, 15) is 29.8 Å². The molecule has 1 aromatic rings. The van der Waals surface area contributed by atoms with E-state index in [1.807, 2.05) is 0 Å². The lowest BCUT2D eigenvalue weighted by atomic mass is 10.2. The van der Waals surface area contributed by atoms with Crippen LogP contribution in [0.2, 0.25) is 0 Å². The number of anilines is 1. The number of nitro benzene ring substituents is 2. The van der Waals surface area contributed by atoms with Crippen LogP contribution in [0.25, 0.3) is 0 Å². The van der Waals surface area contributed by atoms with E-state index in [0.29, 0.717) is 0 Å². The van der Waals surface area contributed by atoms with Crippen molar-refractivity contribution in [2.24, 2.45) is 0 Å². The van der Waals surface area contributed by atoms with Crippen LogP contribution in [0.5, 0.6) is 0 Å². The lowest BCUT2D eigenvalue weighted by Gasteiger charge is -2.12. The maximum absolute atomic E-state index is 11.7. The van der Waals surface area contributed by atoms with Crippen LogP contribution in [0.3, 0.4) is 0 Å². The van der Waals surface area contributed by atoms with E-state index in [1.54, 1.807) is 0 Å². The molecule has 2 amide bonds. The Balaban J connectivity index is 2.32. The number of nitrogens with zero attached hydrogens (tertiary/aromatic N) is 3. The molecule has 0 aliphatic carbocycles. The third-order valence-electron chi connectivity index (χ3n) is 3.10. The van der Waals surface area contributed by atoms with Crippen molar-refractivity contribution >= 4 is 28.9 Å². The molecule has 1 aliphatic heterocycles. The fourth-order valence-corrected chi connectivity index (χ4v) is 1.96. The Kier molecular flexibility index (Phi) is 3.52. The smallest absolute Gasteiger partial charge is 0.299 e. The van der Waals surface area contributed by atoms with Crippen LogP contribution in [-0.2, 0) is 9.59 Å². The molecule has 110 valence electrons. The van der Waals surface area contributed by atoms with Crippen LogP contribution in [0.4, 0.5) is 17.1 Å². The zero-order valence-electron chi connectivity index (χ0n) is 10.8. The first-order valence-corrected chi connectivity index (χ1v) is 5.81. The highest BCUT2D eigenvalue weighted by atomic mass is 16.6. The van der Waals surface area contributed by atoms with Crippen molar-refractivity contribution in [2.45, 2.75) is 12.5 Å². The van der Waals surface area contributed by atoms with E-state index in [0.717, 1.165) is 23.1 Å². The molecule has 0 spiro atoms. The van der Waals surface area contributed by atoms with Crippen molar-refractivity contribution in [2.75, 3.05) is 12.4 Å². The van der Waals surface area contributed by atoms with Gasteiger partial charge in [-0.25, -0.2) is 0 Å². The van der Waals surface area contributed by atoms with Crippen molar-refractivity contribution in [3.05, 3.63) is 38.4 Å². The average Bonchev–Trinajstić information content (AvgIpc) is 2.66. The zero-order chi connectivity index (χ0) is 15.7. The van der Waals surface area contributed by atoms with Gasteiger partial charge in [0, 0.05) is 13.1 Å². The summed E-state index contributed by atoms with van der Waals surface area (Å²) in [6.07, 6.45) is -0.122. The number of nitro groups is 2. The third-order valence-corrected chi connectivity index (χ3v) is 3.10. The number of hydrogen-bond donors (Lipinski definition) is 1. The zero-order valence-corrected chi connectivity index (χ0v) is 10.8. The van der Waals surface area contributed by atoms with Crippen molar-refractivity contribution in [1.82, 2.24) is 4.90 Å². The normalized spacial score (nSPS) is 18.0. The van der Waals surface area contributed by atoms with Crippen molar-refractivity contribution in [3.8, 4) is 0 Å². The minimum absolute atomic E-state index is 0.0490. The molecular weight excluding hydrogens is 284 g/mol. The molecule has 10 heteroatoms. The second-order valence-electron chi connectivity index (χ2n) is 4.41. The van der Waals surface area contributed by atoms with E-state index in [1.165, 1.54) is 7.05 Å². The Labute approximate surface area is 117 Å². The lowest BCUT2D eigenvalue weighted by molar-refractivity contribution is -0.393. The quantitative estimate of drug-likeness (QED) is 0.489. The summed E-state index contributed by atoms with van der Waals surface area (Å²) in [6, 6.07) is 2.11. The SMILES string of the molecule is CN1C(=O)CC(Nc2ccc([N+](=O)[O-])cc2[N+](=O)[O-])C1=O. The minimum Gasteiger partial charge on any atom is -0.368 e. The van der Waals surface area contributed by atoms with E-state index < -0.39 is 39.1 Å². The summed E-state index contributed by atoms with van der Waals surface area (Å²) in [6.45, 7) is 0. The van der Waals surface area contributed by atoms with E-state index >= 15 is 0 Å². The molecule has 2 rings (SSSR count). The molecule has 1 unspecified atom stereocenters. The molecule has 10 nitrogen and oxygen atoms in total. The molecule has 1 aromatic carbocycles. The van der Waals surface area contributed by atoms with Gasteiger partial charge in [0.2, 0.25) is 5.91 Å². The van der Waals surface area contributed by atoms with Gasteiger partial charge in [-0.05, 0) is 6.07 Å². The van der Waals surface area contributed by atoms with Gasteiger partial charge in [0.05, 0.1) is 22.3 Å². The summed E-state index contributed by atoms with van der Waals surface area (Å²) < 4.78 is 0. The van der Waals surface area contributed by atoms with E-state index in [-0.39, 0.29) is 12.1 Å². The van der Waals surface area contributed by atoms with Gasteiger partial charge >= 0.3 is 0 Å². The van der Waals surface area contributed by atoms with E-state index in [4.69, 9.17) is 0 Å². The maximum Gasteiger partial charge on any atom is 0.299 e. The topological polar surface area (TPSA) is 136 Å². The van der Waals surface area contributed by atoms with Gasteiger partial charge in [0.1, 0.15) is 11.7 Å². The van der Waals surface area contributed by atoms with Gasteiger partial charge in [0.25, 0.3) is 17.3 Å². The summed E-state index contributed by atoms with van der Waals surface area (Å²) in [4.78, 5) is 44.1. The molecule has 0 radical (unpaired) electrons. The first-order chi connectivity index (χ1) is 9.81. The van der Waals surface area contributed by atoms with Gasteiger partial charge in [-0.3, -0.25) is 34.7 Å². The van der Waals surface area contributed by atoms with Crippen LogP contribution in [-0.4, -0.2) is 39.7 Å². The number of carbonyl (C=O) groups excluding carboxylic acids is 2. The number of likely N-dealkylation sites (N-methyl/N-ethyl adjacent to an activating group) is 1. The molecule has 1 fully saturated rings. The van der Waals surface area contributed by atoms with Crippen molar-refractivity contribution in [1.29, 1.82) is 0 Å². The largest absolute Gasteiger partial charge is 0.368 e. The summed E-state index contributed by atoms with van der Waals surface area (Å²) in [7, 11) is 1.32. The lowest BCUT2D eigenvalue weighted by Crippen LogP contribution is -2.31. The maximum atomic E-state index is 11.7. The molecule has 1 atom stereocenters. The summed E-state index contributed by atoms with van der Waals surface area (Å²) in [5, 5.41) is 24.2. The Morgan fingerprint density at radius 1 is 1.24 bits per heavy atom. The van der Waals surface area contributed by atoms with Gasteiger partial charge in [-0.1, -0.05) is 0 Å². The van der Waals surface area contributed by atoms with Gasteiger partial charge in [-0.15, -0.1) is 0 Å². The molecule has 0 aromatic heterocycles. The molecule has 1 heterocycles. The monoisotopic (exact) mass is 294 g/mol. The van der Waals surface area contributed by atoms with E-state index in [2.05, 4.69) is 5.32 Å². The number of benzene rings is 1. The van der Waals surface area contributed by atoms with Crippen LogP contribution in [0.1, 0.15) is 6.42 Å². The number of rotatable bonds is 4. The standard InChI is InChI=1S/C11H10N4O6/c1-13-10(16)5-8(11(13)17)12-7-3-2-6(14(18)19)4-9(7)15(20)21/h2-4,8,12H,5H2,1H3. The second-order valence-corrected chi connectivity index (χ2v) is 4.41. The molecule has 1 N–H and O–H groups in total. The summed E-state index contributed by atoms with van der Waals surface area (Å²) >= 11 is 0. The Morgan fingerprint density at radius 2 is 1.90 bits per heavy atom. The van der Waals surface area contributed by atoms with Gasteiger partial charge in [0.15, 0.2) is 0 Å². The number of amides is 2. The molecule has 21 heavy (non-hydrogen) atoms. The number of carbonyl (C=O) groups is 2. The third kappa shape index (κ3) is 2.63. The Hall–Kier alpha value is -3.04. The second kappa shape index (κ2) is 5.15. The first kappa shape index (κ1) is 14.4. The summed E-state index contributed by atoms with van der Waals surface area (Å²) in [5.74, 6) is -0.908. The van der Waals surface area contributed by atoms with Crippen molar-refractivity contribution in [3.63, 3.8) is 0 Å². The fraction of sp³-hybridized carbons (Fsp3) is 0.273. The first-order valence-electron chi connectivity index (χ1n) is 5.81. The Morgan fingerprint density at radius 3 is 2.38 bits per heavy atom.